The fourth-order valence-corrected chi connectivity index (χ4v) is 3.42. The number of aromatic amines is 1. The number of ether oxygens (including phenoxy) is 1. The molecule has 2 aromatic carbocycles. The number of benzene rings is 2. The largest absolute Gasteiger partial charge is 0.496 e. The van der Waals surface area contributed by atoms with Crippen LogP contribution in [0.4, 0.5) is 5.69 Å². The molecule has 1 heterocycles. The Labute approximate surface area is 137 Å². The van der Waals surface area contributed by atoms with Crippen molar-refractivity contribution in [2.45, 2.75) is 4.90 Å². The maximum Gasteiger partial charge on any atom is 0.339 e. The number of hydrogen-bond acceptors (Lipinski definition) is 4. The quantitative estimate of drug-likeness (QED) is 0.658. The molecule has 24 heavy (non-hydrogen) atoms. The molecular formula is C16H14N2O5S. The number of sulfonamides is 1. The second-order valence-electron chi connectivity index (χ2n) is 5.05. The normalized spacial score (nSPS) is 11.4. The monoisotopic (exact) mass is 346 g/mol. The van der Waals surface area contributed by atoms with Crippen LogP contribution in [0.1, 0.15) is 10.4 Å². The molecule has 0 aliphatic carbocycles. The molecule has 0 radical (unpaired) electrons. The van der Waals surface area contributed by atoms with Crippen LogP contribution in [0.25, 0.3) is 10.9 Å². The molecule has 8 heteroatoms. The summed E-state index contributed by atoms with van der Waals surface area (Å²) >= 11 is 0. The highest BCUT2D eigenvalue weighted by atomic mass is 32.2. The van der Waals surface area contributed by atoms with E-state index >= 15 is 0 Å². The highest BCUT2D eigenvalue weighted by molar-refractivity contribution is 7.92. The third-order valence-electron chi connectivity index (χ3n) is 3.52. The van der Waals surface area contributed by atoms with Gasteiger partial charge in [-0.15, -0.1) is 0 Å². The Morgan fingerprint density at radius 2 is 1.96 bits per heavy atom. The van der Waals surface area contributed by atoms with Crippen LogP contribution in [0.3, 0.4) is 0 Å². The summed E-state index contributed by atoms with van der Waals surface area (Å²) < 4.78 is 32.4. The standard InChI is InChI=1S/C16H14N2O5S/c1-23-15-5-4-12(9-13(15)16(19)20)24(21,22)18-11-3-2-10-6-7-17-14(10)8-11/h2-9,17-18H,1H3,(H,19,20). The first-order chi connectivity index (χ1) is 11.4. The molecular weight excluding hydrogens is 332 g/mol. The summed E-state index contributed by atoms with van der Waals surface area (Å²) in [6.07, 6.45) is 1.76. The summed E-state index contributed by atoms with van der Waals surface area (Å²) in [5, 5.41) is 10.1. The summed E-state index contributed by atoms with van der Waals surface area (Å²) in [5.74, 6) is -1.18. The lowest BCUT2D eigenvalue weighted by molar-refractivity contribution is 0.0693. The Morgan fingerprint density at radius 1 is 1.17 bits per heavy atom. The number of nitrogens with one attached hydrogen (secondary N) is 2. The zero-order chi connectivity index (χ0) is 17.3. The van der Waals surface area contributed by atoms with Crippen LogP contribution < -0.4 is 9.46 Å². The number of anilines is 1. The highest BCUT2D eigenvalue weighted by Gasteiger charge is 2.19. The number of aromatic nitrogens is 1. The van der Waals surface area contributed by atoms with Crippen molar-refractivity contribution in [3.8, 4) is 5.75 Å². The lowest BCUT2D eigenvalue weighted by atomic mass is 10.2. The number of carbonyl (C=O) groups is 1. The lowest BCUT2D eigenvalue weighted by Gasteiger charge is -2.11. The minimum atomic E-state index is -3.93. The summed E-state index contributed by atoms with van der Waals surface area (Å²) in [6, 6.07) is 10.6. The molecule has 1 aromatic heterocycles. The number of carboxylic acid groups (broad SMARTS) is 1. The minimum Gasteiger partial charge on any atom is -0.496 e. The molecule has 124 valence electrons. The summed E-state index contributed by atoms with van der Waals surface area (Å²) in [4.78, 5) is 14.1. The lowest BCUT2D eigenvalue weighted by Crippen LogP contribution is -2.14. The third-order valence-corrected chi connectivity index (χ3v) is 4.90. The van der Waals surface area contributed by atoms with Crippen molar-refractivity contribution in [2.75, 3.05) is 11.8 Å². The SMILES string of the molecule is COc1ccc(S(=O)(=O)Nc2ccc3cc[nH]c3c2)cc1C(=O)O. The minimum absolute atomic E-state index is 0.0919. The third kappa shape index (κ3) is 2.91. The summed E-state index contributed by atoms with van der Waals surface area (Å²) in [7, 11) is -2.61. The van der Waals surface area contributed by atoms with Crippen molar-refractivity contribution >= 4 is 32.6 Å². The molecule has 7 nitrogen and oxygen atoms in total. The maximum atomic E-state index is 12.5. The molecule has 0 saturated carbocycles. The fourth-order valence-electron chi connectivity index (χ4n) is 2.35. The maximum absolute atomic E-state index is 12.5. The number of H-pyrrole nitrogens is 1. The fraction of sp³-hybridized carbons (Fsp3) is 0.0625. The molecule has 0 aliphatic heterocycles. The first kappa shape index (κ1) is 15.9. The summed E-state index contributed by atoms with van der Waals surface area (Å²) in [6.45, 7) is 0. The van der Waals surface area contributed by atoms with Crippen LogP contribution in [-0.2, 0) is 10.0 Å². The predicted octanol–water partition coefficient (Wildman–Crippen LogP) is 2.68. The number of aromatic carboxylic acids is 1. The van der Waals surface area contributed by atoms with E-state index in [1.807, 2.05) is 6.07 Å². The van der Waals surface area contributed by atoms with E-state index in [0.717, 1.165) is 17.0 Å². The number of hydrogen-bond donors (Lipinski definition) is 3. The second-order valence-corrected chi connectivity index (χ2v) is 6.73. The van der Waals surface area contributed by atoms with Gasteiger partial charge in [0.15, 0.2) is 0 Å². The van der Waals surface area contributed by atoms with E-state index in [1.54, 1.807) is 24.4 Å². The first-order valence-corrected chi connectivity index (χ1v) is 8.40. The highest BCUT2D eigenvalue weighted by Crippen LogP contribution is 2.25. The van der Waals surface area contributed by atoms with Gasteiger partial charge in [0, 0.05) is 11.7 Å². The van der Waals surface area contributed by atoms with Crippen molar-refractivity contribution in [1.82, 2.24) is 4.98 Å². The van der Waals surface area contributed by atoms with Crippen LogP contribution in [0.5, 0.6) is 5.75 Å². The average molecular weight is 346 g/mol. The Hall–Kier alpha value is -3.00. The Balaban J connectivity index is 1.97. The van der Waals surface area contributed by atoms with Gasteiger partial charge in [0.1, 0.15) is 11.3 Å². The predicted molar refractivity (Wildman–Crippen MR) is 89.1 cm³/mol. The Bertz CT molecular complexity index is 1020. The van der Waals surface area contributed by atoms with E-state index in [4.69, 9.17) is 4.74 Å². The van der Waals surface area contributed by atoms with Gasteiger partial charge in [-0.05, 0) is 41.8 Å². The molecule has 3 aromatic rings. The Morgan fingerprint density at radius 3 is 2.67 bits per heavy atom. The van der Waals surface area contributed by atoms with E-state index in [-0.39, 0.29) is 16.2 Å². The zero-order valence-electron chi connectivity index (χ0n) is 12.6. The van der Waals surface area contributed by atoms with E-state index < -0.39 is 16.0 Å². The van der Waals surface area contributed by atoms with Crippen LogP contribution in [0, 0.1) is 0 Å². The first-order valence-electron chi connectivity index (χ1n) is 6.92. The molecule has 3 rings (SSSR count). The number of rotatable bonds is 5. The van der Waals surface area contributed by atoms with E-state index in [9.17, 15) is 18.3 Å². The van der Waals surface area contributed by atoms with Crippen molar-refractivity contribution in [3.63, 3.8) is 0 Å². The van der Waals surface area contributed by atoms with Gasteiger partial charge in [0.05, 0.1) is 17.7 Å². The Kier molecular flexibility index (Phi) is 3.90. The molecule has 0 saturated heterocycles. The number of methoxy groups -OCH3 is 1. The van der Waals surface area contributed by atoms with Gasteiger partial charge in [0.2, 0.25) is 0 Å². The van der Waals surface area contributed by atoms with E-state index in [2.05, 4.69) is 9.71 Å². The molecule has 0 spiro atoms. The van der Waals surface area contributed by atoms with Crippen molar-refractivity contribution in [2.24, 2.45) is 0 Å². The van der Waals surface area contributed by atoms with Gasteiger partial charge in [-0.3, -0.25) is 4.72 Å². The van der Waals surface area contributed by atoms with E-state index in [1.165, 1.54) is 19.2 Å². The molecule has 0 fully saturated rings. The second kappa shape index (κ2) is 5.89. The topological polar surface area (TPSA) is 108 Å². The zero-order valence-corrected chi connectivity index (χ0v) is 13.4. The van der Waals surface area contributed by atoms with Gasteiger partial charge < -0.3 is 14.8 Å². The molecule has 0 atom stereocenters. The van der Waals surface area contributed by atoms with Gasteiger partial charge >= 0.3 is 5.97 Å². The van der Waals surface area contributed by atoms with Crippen molar-refractivity contribution < 1.29 is 23.1 Å². The molecule has 3 N–H and O–H groups in total. The van der Waals surface area contributed by atoms with Crippen LogP contribution in [-0.4, -0.2) is 31.6 Å². The number of carboxylic acids is 1. The molecule has 0 aliphatic rings. The summed E-state index contributed by atoms with van der Waals surface area (Å²) in [5.41, 5.74) is 0.939. The van der Waals surface area contributed by atoms with Crippen LogP contribution >= 0.6 is 0 Å². The van der Waals surface area contributed by atoms with Crippen molar-refractivity contribution in [1.29, 1.82) is 0 Å². The average Bonchev–Trinajstić information content (AvgIpc) is 3.01. The molecule has 0 amide bonds. The van der Waals surface area contributed by atoms with Gasteiger partial charge in [-0.25, -0.2) is 13.2 Å². The van der Waals surface area contributed by atoms with Gasteiger partial charge in [-0.1, -0.05) is 6.07 Å². The van der Waals surface area contributed by atoms with Crippen LogP contribution in [0.2, 0.25) is 0 Å². The smallest absolute Gasteiger partial charge is 0.339 e. The molecule has 0 unspecified atom stereocenters. The van der Waals surface area contributed by atoms with Crippen molar-refractivity contribution in [3.05, 3.63) is 54.2 Å². The van der Waals surface area contributed by atoms with Gasteiger partial charge in [-0.2, -0.15) is 0 Å². The van der Waals surface area contributed by atoms with Crippen LogP contribution in [0.15, 0.2) is 53.6 Å². The molecule has 0 bridgehead atoms. The van der Waals surface area contributed by atoms with E-state index in [0.29, 0.717) is 5.69 Å². The van der Waals surface area contributed by atoms with Gasteiger partial charge in [0.25, 0.3) is 10.0 Å². The number of fused-ring (bicyclic) bond motifs is 1.